The van der Waals surface area contributed by atoms with E-state index in [1.165, 1.54) is 12.3 Å². The van der Waals surface area contributed by atoms with Crippen molar-refractivity contribution >= 4 is 23.2 Å². The van der Waals surface area contributed by atoms with Gasteiger partial charge in [-0.15, -0.1) is 0 Å². The van der Waals surface area contributed by atoms with Crippen LogP contribution in [0.25, 0.3) is 11.1 Å². The molecule has 5 rings (SSSR count). The standard InChI is InChI=1S/C28H28F3N5O2/c1-15-10-17(32)14-36(13-15)24-8-9-33-12-23(24)35-28(38)19-5-7-22(30)25(26(19)31)20-11-16(2-6-21(20)29)27(37)34-18-3-4-18/h2,5-9,11-12,15,17-18H,3-4,10,13-14,32H2,1H3,(H,34,37)(H,35,38)/t15-,17+/m1/s1. The molecule has 2 amide bonds. The fourth-order valence-corrected chi connectivity index (χ4v) is 4.87. The van der Waals surface area contributed by atoms with Crippen molar-refractivity contribution in [3.8, 4) is 11.1 Å². The van der Waals surface area contributed by atoms with Gasteiger partial charge < -0.3 is 21.3 Å². The van der Waals surface area contributed by atoms with E-state index in [0.29, 0.717) is 23.8 Å². The maximum Gasteiger partial charge on any atom is 0.258 e. The number of benzene rings is 2. The van der Waals surface area contributed by atoms with Crippen LogP contribution in [-0.2, 0) is 0 Å². The van der Waals surface area contributed by atoms with Crippen molar-refractivity contribution in [3.63, 3.8) is 0 Å². The van der Waals surface area contributed by atoms with Crippen molar-refractivity contribution in [2.75, 3.05) is 23.3 Å². The molecule has 2 atom stereocenters. The number of nitrogens with one attached hydrogen (secondary N) is 2. The molecule has 2 heterocycles. The Morgan fingerprint density at radius 1 is 1.03 bits per heavy atom. The van der Waals surface area contributed by atoms with E-state index in [9.17, 15) is 18.4 Å². The molecule has 0 unspecified atom stereocenters. The van der Waals surface area contributed by atoms with Crippen molar-refractivity contribution in [3.05, 3.63) is 77.4 Å². The van der Waals surface area contributed by atoms with Crippen LogP contribution >= 0.6 is 0 Å². The van der Waals surface area contributed by atoms with Gasteiger partial charge in [0, 0.05) is 42.5 Å². The molecule has 38 heavy (non-hydrogen) atoms. The molecule has 1 saturated heterocycles. The number of piperidine rings is 1. The van der Waals surface area contributed by atoms with E-state index in [-0.39, 0.29) is 17.6 Å². The van der Waals surface area contributed by atoms with Crippen LogP contribution in [0.3, 0.4) is 0 Å². The minimum absolute atomic E-state index is 0.0374. The molecule has 0 bridgehead atoms. The van der Waals surface area contributed by atoms with Gasteiger partial charge in [-0.25, -0.2) is 13.2 Å². The van der Waals surface area contributed by atoms with Gasteiger partial charge in [0.25, 0.3) is 11.8 Å². The summed E-state index contributed by atoms with van der Waals surface area (Å²) in [6, 6.07) is 6.98. The van der Waals surface area contributed by atoms with Crippen LogP contribution in [0.1, 0.15) is 46.9 Å². The Bertz CT molecular complexity index is 1380. The Morgan fingerprint density at radius 2 is 1.79 bits per heavy atom. The van der Waals surface area contributed by atoms with E-state index in [2.05, 4.69) is 22.5 Å². The van der Waals surface area contributed by atoms with Crippen molar-refractivity contribution in [2.24, 2.45) is 11.7 Å². The van der Waals surface area contributed by atoms with E-state index in [1.54, 1.807) is 12.3 Å². The van der Waals surface area contributed by atoms with Crippen LogP contribution in [-0.4, -0.2) is 42.0 Å². The number of aromatic nitrogens is 1. The molecule has 1 aliphatic heterocycles. The van der Waals surface area contributed by atoms with Gasteiger partial charge in [-0.2, -0.15) is 0 Å². The molecule has 3 aromatic rings. The van der Waals surface area contributed by atoms with Gasteiger partial charge in [0.05, 0.1) is 28.7 Å². The molecular weight excluding hydrogens is 495 g/mol. The molecule has 2 aromatic carbocycles. The molecule has 0 spiro atoms. The van der Waals surface area contributed by atoms with Crippen LogP contribution < -0.4 is 21.3 Å². The number of anilines is 2. The topological polar surface area (TPSA) is 100 Å². The zero-order valence-corrected chi connectivity index (χ0v) is 20.8. The molecule has 1 aliphatic carbocycles. The van der Waals surface area contributed by atoms with Crippen molar-refractivity contribution in [1.29, 1.82) is 0 Å². The number of halogens is 3. The second-order valence-electron chi connectivity index (χ2n) is 10.1. The van der Waals surface area contributed by atoms with Crippen molar-refractivity contribution in [2.45, 2.75) is 38.3 Å². The number of nitrogens with zero attached hydrogens (tertiary/aromatic N) is 2. The van der Waals surface area contributed by atoms with Crippen LogP contribution in [0.4, 0.5) is 24.5 Å². The number of carbonyl (C=O) groups excluding carboxylic acids is 2. The number of nitrogens with two attached hydrogens (primary N) is 1. The number of hydrogen-bond donors (Lipinski definition) is 3. The minimum atomic E-state index is -1.24. The highest BCUT2D eigenvalue weighted by atomic mass is 19.1. The highest BCUT2D eigenvalue weighted by molar-refractivity contribution is 6.07. The molecule has 1 aromatic heterocycles. The monoisotopic (exact) mass is 523 g/mol. The molecular formula is C28H28F3N5O2. The number of carbonyl (C=O) groups is 2. The second-order valence-corrected chi connectivity index (χ2v) is 10.1. The van der Waals surface area contributed by atoms with Gasteiger partial charge in [0.15, 0.2) is 0 Å². The Labute approximate surface area is 218 Å². The molecule has 198 valence electrons. The van der Waals surface area contributed by atoms with E-state index >= 15 is 4.39 Å². The van der Waals surface area contributed by atoms with Gasteiger partial charge in [0.2, 0.25) is 0 Å². The summed E-state index contributed by atoms with van der Waals surface area (Å²) in [4.78, 5) is 31.7. The molecule has 4 N–H and O–H groups in total. The average molecular weight is 524 g/mol. The lowest BCUT2D eigenvalue weighted by Gasteiger charge is -2.37. The highest BCUT2D eigenvalue weighted by Crippen LogP contribution is 2.33. The summed E-state index contributed by atoms with van der Waals surface area (Å²) < 4.78 is 45.3. The fourth-order valence-electron chi connectivity index (χ4n) is 4.87. The zero-order valence-electron chi connectivity index (χ0n) is 20.8. The number of pyridine rings is 1. The van der Waals surface area contributed by atoms with Crippen LogP contribution in [0, 0.1) is 23.4 Å². The Balaban J connectivity index is 1.45. The summed E-state index contributed by atoms with van der Waals surface area (Å²) in [5, 5.41) is 5.42. The lowest BCUT2D eigenvalue weighted by Crippen LogP contribution is -2.46. The largest absolute Gasteiger partial charge is 0.368 e. The third-order valence-corrected chi connectivity index (χ3v) is 6.83. The predicted octanol–water partition coefficient (Wildman–Crippen LogP) is 4.48. The first kappa shape index (κ1) is 25.7. The SMILES string of the molecule is C[C@@H]1C[C@H](N)CN(c2ccncc2NC(=O)c2ccc(F)c(-c3cc(C(=O)NC4CC4)ccc3F)c2F)C1. The molecule has 7 nitrogen and oxygen atoms in total. The lowest BCUT2D eigenvalue weighted by molar-refractivity contribution is 0.0950. The Morgan fingerprint density at radius 3 is 2.53 bits per heavy atom. The summed E-state index contributed by atoms with van der Waals surface area (Å²) in [6.45, 7) is 3.39. The second kappa shape index (κ2) is 10.4. The first-order chi connectivity index (χ1) is 18.2. The molecule has 2 aliphatic rings. The van der Waals surface area contributed by atoms with E-state index in [0.717, 1.165) is 50.1 Å². The minimum Gasteiger partial charge on any atom is -0.368 e. The quantitative estimate of drug-likeness (QED) is 0.442. The van der Waals surface area contributed by atoms with Gasteiger partial charge in [0.1, 0.15) is 17.5 Å². The van der Waals surface area contributed by atoms with Gasteiger partial charge >= 0.3 is 0 Å². The summed E-state index contributed by atoms with van der Waals surface area (Å²) in [5.41, 5.74) is 5.62. The fraction of sp³-hybridized carbons (Fsp3) is 0.321. The average Bonchev–Trinajstić information content (AvgIpc) is 3.69. The maximum absolute atomic E-state index is 15.7. The van der Waals surface area contributed by atoms with Gasteiger partial charge in [-0.3, -0.25) is 14.6 Å². The van der Waals surface area contributed by atoms with E-state index in [1.807, 2.05) is 4.90 Å². The lowest BCUT2D eigenvalue weighted by atomic mass is 9.96. The van der Waals surface area contributed by atoms with Gasteiger partial charge in [-0.1, -0.05) is 6.92 Å². The summed E-state index contributed by atoms with van der Waals surface area (Å²) in [5.74, 6) is -4.19. The first-order valence-corrected chi connectivity index (χ1v) is 12.6. The maximum atomic E-state index is 15.7. The summed E-state index contributed by atoms with van der Waals surface area (Å²) in [6.07, 6.45) is 5.61. The number of amides is 2. The predicted molar refractivity (Wildman–Crippen MR) is 138 cm³/mol. The van der Waals surface area contributed by atoms with E-state index < -0.39 is 46.0 Å². The Hall–Kier alpha value is -3.92. The Kier molecular flexibility index (Phi) is 7.07. The zero-order chi connectivity index (χ0) is 27.0. The molecule has 0 radical (unpaired) electrons. The number of rotatable bonds is 6. The summed E-state index contributed by atoms with van der Waals surface area (Å²) >= 11 is 0. The smallest absolute Gasteiger partial charge is 0.258 e. The first-order valence-electron chi connectivity index (χ1n) is 12.6. The van der Waals surface area contributed by atoms with Crippen molar-refractivity contribution < 1.29 is 22.8 Å². The highest BCUT2D eigenvalue weighted by Gasteiger charge is 2.28. The normalized spacial score (nSPS) is 19.2. The van der Waals surface area contributed by atoms with Gasteiger partial charge in [-0.05, 0) is 61.6 Å². The van der Waals surface area contributed by atoms with Crippen molar-refractivity contribution in [1.82, 2.24) is 10.3 Å². The molecule has 2 fully saturated rings. The van der Waals surface area contributed by atoms with Crippen LogP contribution in [0.5, 0.6) is 0 Å². The number of hydrogen-bond acceptors (Lipinski definition) is 5. The van der Waals surface area contributed by atoms with Crippen LogP contribution in [0.2, 0.25) is 0 Å². The van der Waals surface area contributed by atoms with Crippen LogP contribution in [0.15, 0.2) is 48.8 Å². The third kappa shape index (κ3) is 5.35. The molecule has 1 saturated carbocycles. The summed E-state index contributed by atoms with van der Waals surface area (Å²) in [7, 11) is 0. The third-order valence-electron chi connectivity index (χ3n) is 6.83. The molecule has 10 heteroatoms. The van der Waals surface area contributed by atoms with E-state index in [4.69, 9.17) is 5.73 Å².